The van der Waals surface area contributed by atoms with Crippen LogP contribution in [0.1, 0.15) is 18.1 Å². The van der Waals surface area contributed by atoms with Crippen molar-refractivity contribution >= 4 is 12.2 Å². The Bertz CT molecular complexity index is 313. The van der Waals surface area contributed by atoms with E-state index < -0.39 is 0 Å². The molecule has 0 heterocycles. The molecule has 1 rings (SSSR count). The number of benzene rings is 1. The van der Waals surface area contributed by atoms with Gasteiger partial charge in [-0.3, -0.25) is 0 Å². The van der Waals surface area contributed by atoms with Gasteiger partial charge in [0.25, 0.3) is 0 Å². The van der Waals surface area contributed by atoms with Gasteiger partial charge in [-0.25, -0.2) is 0 Å². The second-order valence-electron chi connectivity index (χ2n) is 2.63. The molecule has 0 bridgehead atoms. The summed E-state index contributed by atoms with van der Waals surface area (Å²) in [6.07, 6.45) is 3.62. The first kappa shape index (κ1) is 9.59. The summed E-state index contributed by atoms with van der Waals surface area (Å²) >= 11 is 0. The third kappa shape index (κ3) is 2.22. The SMILES string of the molecule is C=Cc1ccc(OCC)cc1C=C. The second kappa shape index (κ2) is 4.51. The fraction of sp³-hybridized carbons (Fsp3) is 0.167. The molecule has 1 aromatic rings. The molecule has 1 nitrogen and oxygen atoms in total. The lowest BCUT2D eigenvalue weighted by molar-refractivity contribution is 0.340. The topological polar surface area (TPSA) is 9.23 Å². The summed E-state index contributed by atoms with van der Waals surface area (Å²) in [5.74, 6) is 0.878. The van der Waals surface area contributed by atoms with E-state index in [1.165, 1.54) is 0 Å². The summed E-state index contributed by atoms with van der Waals surface area (Å²) in [7, 11) is 0. The molecule has 0 N–H and O–H groups in total. The Hall–Kier alpha value is -1.50. The minimum atomic E-state index is 0.685. The van der Waals surface area contributed by atoms with Crippen LogP contribution in [0.5, 0.6) is 5.75 Å². The van der Waals surface area contributed by atoms with Gasteiger partial charge < -0.3 is 4.74 Å². The van der Waals surface area contributed by atoms with Crippen LogP contribution >= 0.6 is 0 Å². The van der Waals surface area contributed by atoms with Crippen molar-refractivity contribution in [3.8, 4) is 5.75 Å². The van der Waals surface area contributed by atoms with Crippen molar-refractivity contribution in [2.45, 2.75) is 6.92 Å². The highest BCUT2D eigenvalue weighted by Crippen LogP contribution is 2.19. The highest BCUT2D eigenvalue weighted by Gasteiger charge is 1.97. The van der Waals surface area contributed by atoms with E-state index in [9.17, 15) is 0 Å². The summed E-state index contributed by atoms with van der Waals surface area (Å²) < 4.78 is 5.37. The van der Waals surface area contributed by atoms with Gasteiger partial charge in [0.05, 0.1) is 6.61 Å². The maximum atomic E-state index is 5.37. The van der Waals surface area contributed by atoms with Crippen molar-refractivity contribution in [3.05, 3.63) is 42.5 Å². The monoisotopic (exact) mass is 174 g/mol. The lowest BCUT2D eigenvalue weighted by atomic mass is 10.1. The van der Waals surface area contributed by atoms with Crippen LogP contribution in [0.15, 0.2) is 31.4 Å². The maximum Gasteiger partial charge on any atom is 0.119 e. The molecule has 1 aromatic carbocycles. The van der Waals surface area contributed by atoms with Gasteiger partial charge in [-0.15, -0.1) is 0 Å². The molecule has 0 spiro atoms. The molecule has 0 saturated heterocycles. The first-order valence-electron chi connectivity index (χ1n) is 4.33. The average molecular weight is 174 g/mol. The molecule has 0 aromatic heterocycles. The molecule has 0 atom stereocenters. The van der Waals surface area contributed by atoms with Gasteiger partial charge in [0.15, 0.2) is 0 Å². The van der Waals surface area contributed by atoms with Crippen LogP contribution in [0.4, 0.5) is 0 Å². The quantitative estimate of drug-likeness (QED) is 0.680. The van der Waals surface area contributed by atoms with Crippen molar-refractivity contribution in [1.82, 2.24) is 0 Å². The van der Waals surface area contributed by atoms with Crippen molar-refractivity contribution in [1.29, 1.82) is 0 Å². The highest BCUT2D eigenvalue weighted by molar-refractivity contribution is 5.65. The van der Waals surface area contributed by atoms with Crippen LogP contribution < -0.4 is 4.74 Å². The van der Waals surface area contributed by atoms with Gasteiger partial charge in [-0.2, -0.15) is 0 Å². The predicted octanol–water partition coefficient (Wildman–Crippen LogP) is 3.37. The molecule has 13 heavy (non-hydrogen) atoms. The van der Waals surface area contributed by atoms with Crippen LogP contribution in [0, 0.1) is 0 Å². The zero-order chi connectivity index (χ0) is 9.68. The average Bonchev–Trinajstić information content (AvgIpc) is 2.18. The van der Waals surface area contributed by atoms with Gasteiger partial charge in [0, 0.05) is 0 Å². The molecule has 0 radical (unpaired) electrons. The fourth-order valence-corrected chi connectivity index (χ4v) is 1.17. The molecule has 0 aliphatic rings. The second-order valence-corrected chi connectivity index (χ2v) is 2.63. The molecule has 0 aliphatic carbocycles. The minimum Gasteiger partial charge on any atom is -0.494 e. The van der Waals surface area contributed by atoms with Crippen molar-refractivity contribution in [2.75, 3.05) is 6.61 Å². The third-order valence-corrected chi connectivity index (χ3v) is 1.81. The Balaban J connectivity index is 3.05. The Morgan fingerprint density at radius 2 is 1.92 bits per heavy atom. The van der Waals surface area contributed by atoms with Gasteiger partial charge in [-0.1, -0.05) is 31.4 Å². The minimum absolute atomic E-state index is 0.685. The maximum absolute atomic E-state index is 5.37. The molecular weight excluding hydrogens is 160 g/mol. The van der Waals surface area contributed by atoms with Gasteiger partial charge in [0.1, 0.15) is 5.75 Å². The van der Waals surface area contributed by atoms with E-state index >= 15 is 0 Å². The first-order chi connectivity index (χ1) is 6.31. The van der Waals surface area contributed by atoms with Crippen LogP contribution in [0.25, 0.3) is 12.2 Å². The van der Waals surface area contributed by atoms with Crippen molar-refractivity contribution in [2.24, 2.45) is 0 Å². The molecule has 68 valence electrons. The van der Waals surface area contributed by atoms with Crippen molar-refractivity contribution < 1.29 is 4.74 Å². The lowest BCUT2D eigenvalue weighted by Gasteiger charge is -2.06. The van der Waals surface area contributed by atoms with Crippen LogP contribution in [0.2, 0.25) is 0 Å². The van der Waals surface area contributed by atoms with Crippen LogP contribution in [0.3, 0.4) is 0 Å². The zero-order valence-corrected chi connectivity index (χ0v) is 7.92. The van der Waals surface area contributed by atoms with E-state index in [4.69, 9.17) is 4.74 Å². The summed E-state index contributed by atoms with van der Waals surface area (Å²) in [4.78, 5) is 0. The van der Waals surface area contributed by atoms with E-state index in [-0.39, 0.29) is 0 Å². The first-order valence-corrected chi connectivity index (χ1v) is 4.33. The Morgan fingerprint density at radius 3 is 2.46 bits per heavy atom. The zero-order valence-electron chi connectivity index (χ0n) is 7.92. The number of rotatable bonds is 4. The molecule has 0 saturated carbocycles. The largest absolute Gasteiger partial charge is 0.494 e. The van der Waals surface area contributed by atoms with E-state index in [2.05, 4.69) is 13.2 Å². The molecular formula is C12H14O. The summed E-state index contributed by atoms with van der Waals surface area (Å²) in [5, 5.41) is 0. The number of ether oxygens (including phenoxy) is 1. The molecule has 0 amide bonds. The van der Waals surface area contributed by atoms with Crippen molar-refractivity contribution in [3.63, 3.8) is 0 Å². The Morgan fingerprint density at radius 1 is 1.23 bits per heavy atom. The lowest BCUT2D eigenvalue weighted by Crippen LogP contribution is -1.92. The summed E-state index contributed by atoms with van der Waals surface area (Å²) in [6.45, 7) is 10.1. The normalized spacial score (nSPS) is 9.31. The summed E-state index contributed by atoms with van der Waals surface area (Å²) in [6, 6.07) is 5.88. The van der Waals surface area contributed by atoms with Crippen LogP contribution in [-0.4, -0.2) is 6.61 Å². The fourth-order valence-electron chi connectivity index (χ4n) is 1.17. The van der Waals surface area contributed by atoms with Crippen LogP contribution in [-0.2, 0) is 0 Å². The predicted molar refractivity (Wildman–Crippen MR) is 57.8 cm³/mol. The van der Waals surface area contributed by atoms with E-state index in [0.29, 0.717) is 6.61 Å². The summed E-state index contributed by atoms with van der Waals surface area (Å²) in [5.41, 5.74) is 2.14. The number of hydrogen-bond donors (Lipinski definition) is 0. The third-order valence-electron chi connectivity index (χ3n) is 1.81. The Kier molecular flexibility index (Phi) is 3.32. The molecule has 1 heteroatoms. The van der Waals surface area contributed by atoms with Gasteiger partial charge >= 0.3 is 0 Å². The van der Waals surface area contributed by atoms with E-state index in [0.717, 1.165) is 16.9 Å². The molecule has 0 aliphatic heterocycles. The van der Waals surface area contributed by atoms with Gasteiger partial charge in [0.2, 0.25) is 0 Å². The highest BCUT2D eigenvalue weighted by atomic mass is 16.5. The molecule has 0 unspecified atom stereocenters. The smallest absolute Gasteiger partial charge is 0.119 e. The Labute approximate surface area is 79.4 Å². The standard InChI is InChI=1S/C12H14O/c1-4-10-7-8-12(13-6-3)9-11(10)5-2/h4-5,7-9H,1-2,6H2,3H3. The van der Waals surface area contributed by atoms with E-state index in [1.54, 1.807) is 6.08 Å². The van der Waals surface area contributed by atoms with E-state index in [1.807, 2.05) is 31.2 Å². The molecule has 0 fully saturated rings. The van der Waals surface area contributed by atoms with Gasteiger partial charge in [-0.05, 0) is 30.2 Å². The number of hydrogen-bond acceptors (Lipinski definition) is 1.